The van der Waals surface area contributed by atoms with E-state index >= 15 is 0 Å². The highest BCUT2D eigenvalue weighted by Crippen LogP contribution is 2.36. The molecular weight excluding hydrogens is 440 g/mol. The molecule has 1 saturated carbocycles. The molecule has 180 valence electrons. The summed E-state index contributed by atoms with van der Waals surface area (Å²) in [4.78, 5) is 11.1. The van der Waals surface area contributed by atoms with Gasteiger partial charge in [-0.2, -0.15) is 10.4 Å². The molecule has 1 aliphatic carbocycles. The molecule has 2 aliphatic rings. The molecule has 1 aliphatic heterocycles. The molecule has 35 heavy (non-hydrogen) atoms. The van der Waals surface area contributed by atoms with Crippen LogP contribution in [0.1, 0.15) is 43.7 Å². The minimum absolute atomic E-state index is 0.111. The number of nitrogens with one attached hydrogen (secondary N) is 2. The van der Waals surface area contributed by atoms with Gasteiger partial charge in [-0.05, 0) is 37.0 Å². The van der Waals surface area contributed by atoms with E-state index in [4.69, 9.17) is 15.1 Å². The highest BCUT2D eigenvalue weighted by molar-refractivity contribution is 5.97. The lowest BCUT2D eigenvalue weighted by molar-refractivity contribution is 0.0680. The summed E-state index contributed by atoms with van der Waals surface area (Å²) in [6.07, 6.45) is 10.8. The molecule has 2 N–H and O–H groups in total. The van der Waals surface area contributed by atoms with Crippen molar-refractivity contribution in [3.8, 4) is 17.3 Å². The van der Waals surface area contributed by atoms with E-state index in [1.54, 1.807) is 6.20 Å². The molecule has 3 aromatic rings. The predicted octanol–water partition coefficient (Wildman–Crippen LogP) is 4.39. The van der Waals surface area contributed by atoms with Crippen LogP contribution in [0.4, 0.5) is 11.6 Å². The van der Waals surface area contributed by atoms with Crippen molar-refractivity contribution >= 4 is 17.5 Å². The van der Waals surface area contributed by atoms with E-state index in [1.807, 2.05) is 52.3 Å². The average Bonchev–Trinajstić information content (AvgIpc) is 3.61. The van der Waals surface area contributed by atoms with Crippen molar-refractivity contribution < 1.29 is 4.74 Å². The number of aromatic nitrogens is 4. The van der Waals surface area contributed by atoms with Gasteiger partial charge in [-0.1, -0.05) is 25.0 Å². The minimum atomic E-state index is 0.111. The summed E-state index contributed by atoms with van der Waals surface area (Å²) in [5.74, 6) is 1.48. The number of hydrogen-bond donors (Lipinski definition) is 2. The van der Waals surface area contributed by atoms with Crippen LogP contribution in [-0.2, 0) is 4.74 Å². The van der Waals surface area contributed by atoms with Gasteiger partial charge in [-0.3, -0.25) is 10.1 Å². The fourth-order valence-corrected chi connectivity index (χ4v) is 4.99. The van der Waals surface area contributed by atoms with Gasteiger partial charge >= 0.3 is 0 Å². The predicted molar refractivity (Wildman–Crippen MR) is 133 cm³/mol. The summed E-state index contributed by atoms with van der Waals surface area (Å²) >= 11 is 0. The van der Waals surface area contributed by atoms with Crippen molar-refractivity contribution in [3.63, 3.8) is 0 Å². The second-order valence-corrected chi connectivity index (χ2v) is 9.10. The van der Waals surface area contributed by atoms with Crippen LogP contribution in [0.5, 0.6) is 0 Å². The number of nitriles is 1. The van der Waals surface area contributed by atoms with E-state index in [0.29, 0.717) is 37.3 Å². The number of benzene rings is 1. The standard InChI is InChI=1S/C26H30N8O/c27-10-8-24(19-4-1-2-5-19)34-18-21(17-30-34)23-9-11-29-26(32-23)31-22-7-3-6-20(16-22)25(28)33-12-14-35-15-13-33/h3,6-7,9,11,16-19,24,28H,1-2,4-5,8,12-15H2,(H,29,31,32). The number of ether oxygens (including phenoxy) is 1. The molecule has 5 rings (SSSR count). The highest BCUT2D eigenvalue weighted by Gasteiger charge is 2.27. The Hall–Kier alpha value is -3.77. The summed E-state index contributed by atoms with van der Waals surface area (Å²) in [5, 5.41) is 25.8. The lowest BCUT2D eigenvalue weighted by Crippen LogP contribution is -2.40. The molecule has 0 bridgehead atoms. The van der Waals surface area contributed by atoms with Crippen molar-refractivity contribution in [2.45, 2.75) is 38.1 Å². The van der Waals surface area contributed by atoms with Crippen LogP contribution >= 0.6 is 0 Å². The van der Waals surface area contributed by atoms with E-state index in [2.05, 4.69) is 21.5 Å². The fraction of sp³-hybridized carbons (Fsp3) is 0.423. The van der Waals surface area contributed by atoms with Gasteiger partial charge in [0, 0.05) is 42.3 Å². The zero-order chi connectivity index (χ0) is 24.0. The first kappa shape index (κ1) is 23.0. The number of amidine groups is 1. The van der Waals surface area contributed by atoms with Crippen LogP contribution < -0.4 is 5.32 Å². The number of rotatable bonds is 7. The fourth-order valence-electron chi connectivity index (χ4n) is 4.99. The zero-order valence-electron chi connectivity index (χ0n) is 19.7. The third kappa shape index (κ3) is 5.33. The van der Waals surface area contributed by atoms with Gasteiger partial charge in [0.2, 0.25) is 5.95 Å². The second-order valence-electron chi connectivity index (χ2n) is 9.10. The molecule has 0 radical (unpaired) electrons. The Labute approximate surface area is 205 Å². The maximum absolute atomic E-state index is 9.35. The lowest BCUT2D eigenvalue weighted by Gasteiger charge is -2.29. The van der Waals surface area contributed by atoms with E-state index in [-0.39, 0.29) is 6.04 Å². The Kier molecular flexibility index (Phi) is 7.00. The summed E-state index contributed by atoms with van der Waals surface area (Å²) in [5.41, 5.74) is 3.33. The van der Waals surface area contributed by atoms with Gasteiger partial charge < -0.3 is 15.0 Å². The van der Waals surface area contributed by atoms with E-state index < -0.39 is 0 Å². The highest BCUT2D eigenvalue weighted by atomic mass is 16.5. The van der Waals surface area contributed by atoms with Crippen molar-refractivity contribution in [3.05, 3.63) is 54.5 Å². The lowest BCUT2D eigenvalue weighted by atomic mass is 9.96. The maximum atomic E-state index is 9.35. The summed E-state index contributed by atoms with van der Waals surface area (Å²) < 4.78 is 7.35. The third-order valence-corrected chi connectivity index (χ3v) is 6.86. The van der Waals surface area contributed by atoms with Gasteiger partial charge in [0.15, 0.2) is 0 Å². The summed E-state index contributed by atoms with van der Waals surface area (Å²) in [7, 11) is 0. The van der Waals surface area contributed by atoms with Gasteiger partial charge in [-0.15, -0.1) is 0 Å². The van der Waals surface area contributed by atoms with Gasteiger partial charge in [0.1, 0.15) is 5.84 Å². The minimum Gasteiger partial charge on any atom is -0.378 e. The van der Waals surface area contributed by atoms with Crippen LogP contribution in [0.25, 0.3) is 11.3 Å². The molecule has 0 amide bonds. The molecule has 9 heteroatoms. The number of morpholine rings is 1. The Balaban J connectivity index is 1.31. The molecule has 2 fully saturated rings. The average molecular weight is 471 g/mol. The van der Waals surface area contributed by atoms with Gasteiger partial charge in [0.25, 0.3) is 0 Å². The normalized spacial score (nSPS) is 17.2. The third-order valence-electron chi connectivity index (χ3n) is 6.86. The molecular formula is C26H30N8O. The molecule has 0 spiro atoms. The van der Waals surface area contributed by atoms with Crippen LogP contribution in [0.15, 0.2) is 48.9 Å². The molecule has 3 heterocycles. The van der Waals surface area contributed by atoms with Crippen molar-refractivity contribution in [2.24, 2.45) is 5.92 Å². The number of nitrogens with zero attached hydrogens (tertiary/aromatic N) is 6. The van der Waals surface area contributed by atoms with E-state index in [0.717, 1.165) is 48.4 Å². The first-order valence-electron chi connectivity index (χ1n) is 12.2. The SMILES string of the molecule is N#CCC(C1CCCC1)n1cc(-c2ccnc(Nc3cccc(C(=N)N4CCOCC4)c3)n2)cn1. The Morgan fingerprint density at radius 3 is 2.86 bits per heavy atom. The van der Waals surface area contributed by atoms with Crippen LogP contribution in [0.3, 0.4) is 0 Å². The largest absolute Gasteiger partial charge is 0.378 e. The second kappa shape index (κ2) is 10.7. The van der Waals surface area contributed by atoms with Gasteiger partial charge in [-0.25, -0.2) is 9.97 Å². The van der Waals surface area contributed by atoms with E-state index in [9.17, 15) is 5.26 Å². The van der Waals surface area contributed by atoms with Crippen molar-refractivity contribution in [1.82, 2.24) is 24.6 Å². The van der Waals surface area contributed by atoms with Crippen LogP contribution in [-0.4, -0.2) is 56.8 Å². The molecule has 1 unspecified atom stereocenters. The summed E-state index contributed by atoms with van der Waals surface area (Å²) in [6.45, 7) is 2.75. The van der Waals surface area contributed by atoms with Crippen molar-refractivity contribution in [2.75, 3.05) is 31.6 Å². The number of anilines is 2. The van der Waals surface area contributed by atoms with Crippen LogP contribution in [0, 0.1) is 22.7 Å². The smallest absolute Gasteiger partial charge is 0.227 e. The first-order chi connectivity index (χ1) is 17.2. The molecule has 9 nitrogen and oxygen atoms in total. The van der Waals surface area contributed by atoms with E-state index in [1.165, 1.54) is 12.8 Å². The monoisotopic (exact) mass is 470 g/mol. The zero-order valence-corrected chi connectivity index (χ0v) is 19.7. The number of hydrogen-bond acceptors (Lipinski definition) is 7. The first-order valence-corrected chi connectivity index (χ1v) is 12.2. The van der Waals surface area contributed by atoms with Crippen LogP contribution in [0.2, 0.25) is 0 Å². The Bertz CT molecular complexity index is 1200. The molecule has 1 saturated heterocycles. The quantitative estimate of drug-likeness (QED) is 0.389. The van der Waals surface area contributed by atoms with Crippen molar-refractivity contribution in [1.29, 1.82) is 10.7 Å². The Morgan fingerprint density at radius 2 is 2.06 bits per heavy atom. The topological polar surface area (TPSA) is 116 Å². The molecule has 2 aromatic heterocycles. The Morgan fingerprint density at radius 1 is 1.23 bits per heavy atom. The molecule has 1 atom stereocenters. The van der Waals surface area contributed by atoms with Gasteiger partial charge in [0.05, 0.1) is 43.6 Å². The molecule has 1 aromatic carbocycles. The summed E-state index contributed by atoms with van der Waals surface area (Å²) in [6, 6.07) is 12.1. The maximum Gasteiger partial charge on any atom is 0.227 e.